The Labute approximate surface area is 97.8 Å². The SMILES string of the molecule is CNC(C)C(=O)NCC1(O)CCC(C)CC1. The van der Waals surface area contributed by atoms with Crippen molar-refractivity contribution in [3.8, 4) is 0 Å². The van der Waals surface area contributed by atoms with Crippen LogP contribution < -0.4 is 10.6 Å². The molecule has 0 radical (unpaired) electrons. The highest BCUT2D eigenvalue weighted by Gasteiger charge is 2.32. The van der Waals surface area contributed by atoms with Crippen molar-refractivity contribution >= 4 is 5.91 Å². The number of rotatable bonds is 4. The van der Waals surface area contributed by atoms with Crippen molar-refractivity contribution in [1.82, 2.24) is 10.6 Å². The molecule has 4 nitrogen and oxygen atoms in total. The molecular formula is C12H24N2O2. The maximum atomic E-state index is 11.5. The van der Waals surface area contributed by atoms with Gasteiger partial charge in [-0.25, -0.2) is 0 Å². The summed E-state index contributed by atoms with van der Waals surface area (Å²) >= 11 is 0. The van der Waals surface area contributed by atoms with E-state index in [1.54, 1.807) is 7.05 Å². The minimum atomic E-state index is -0.685. The van der Waals surface area contributed by atoms with E-state index in [0.29, 0.717) is 12.5 Å². The van der Waals surface area contributed by atoms with Crippen molar-refractivity contribution in [3.63, 3.8) is 0 Å². The van der Waals surface area contributed by atoms with Crippen LogP contribution in [0.5, 0.6) is 0 Å². The average Bonchev–Trinajstić information content (AvgIpc) is 2.29. The summed E-state index contributed by atoms with van der Waals surface area (Å²) in [7, 11) is 1.75. The van der Waals surface area contributed by atoms with Crippen LogP contribution in [-0.2, 0) is 4.79 Å². The third kappa shape index (κ3) is 3.76. The first-order valence-corrected chi connectivity index (χ1v) is 6.14. The van der Waals surface area contributed by atoms with Crippen LogP contribution in [0.25, 0.3) is 0 Å². The molecule has 1 aliphatic rings. The molecule has 1 fully saturated rings. The lowest BCUT2D eigenvalue weighted by Crippen LogP contribution is -2.49. The second-order valence-electron chi connectivity index (χ2n) is 5.14. The zero-order valence-corrected chi connectivity index (χ0v) is 10.5. The largest absolute Gasteiger partial charge is 0.388 e. The maximum Gasteiger partial charge on any atom is 0.236 e. The van der Waals surface area contributed by atoms with Crippen LogP contribution in [0.1, 0.15) is 39.5 Å². The van der Waals surface area contributed by atoms with Crippen LogP contribution in [0.2, 0.25) is 0 Å². The summed E-state index contributed by atoms with van der Waals surface area (Å²) in [5.74, 6) is 0.654. The summed E-state index contributed by atoms with van der Waals surface area (Å²) in [6, 6.07) is -0.203. The van der Waals surface area contributed by atoms with E-state index in [9.17, 15) is 9.90 Å². The predicted octanol–water partition coefficient (Wildman–Crippen LogP) is 0.652. The number of hydrogen-bond acceptors (Lipinski definition) is 3. The highest BCUT2D eigenvalue weighted by molar-refractivity contribution is 5.81. The van der Waals surface area contributed by atoms with Crippen LogP contribution >= 0.6 is 0 Å². The van der Waals surface area contributed by atoms with E-state index in [2.05, 4.69) is 17.6 Å². The lowest BCUT2D eigenvalue weighted by molar-refractivity contribution is -0.124. The molecule has 0 bridgehead atoms. The van der Waals surface area contributed by atoms with Crippen LogP contribution in [0, 0.1) is 5.92 Å². The van der Waals surface area contributed by atoms with Gasteiger partial charge >= 0.3 is 0 Å². The van der Waals surface area contributed by atoms with Gasteiger partial charge in [-0.3, -0.25) is 4.79 Å². The topological polar surface area (TPSA) is 61.4 Å². The van der Waals surface area contributed by atoms with E-state index >= 15 is 0 Å². The second-order valence-corrected chi connectivity index (χ2v) is 5.14. The van der Waals surface area contributed by atoms with E-state index in [-0.39, 0.29) is 11.9 Å². The molecule has 1 aliphatic carbocycles. The number of carbonyl (C=O) groups excluding carboxylic acids is 1. The molecular weight excluding hydrogens is 204 g/mol. The van der Waals surface area contributed by atoms with Gasteiger partial charge in [-0.05, 0) is 45.6 Å². The number of aliphatic hydroxyl groups is 1. The quantitative estimate of drug-likeness (QED) is 0.662. The Kier molecular flexibility index (Phi) is 4.74. The molecule has 1 atom stereocenters. The number of amides is 1. The fraction of sp³-hybridized carbons (Fsp3) is 0.917. The predicted molar refractivity (Wildman–Crippen MR) is 64.1 cm³/mol. The maximum absolute atomic E-state index is 11.5. The summed E-state index contributed by atoms with van der Waals surface area (Å²) in [6.45, 7) is 4.40. The van der Waals surface area contributed by atoms with Crippen molar-refractivity contribution in [2.75, 3.05) is 13.6 Å². The number of carbonyl (C=O) groups is 1. The molecule has 0 saturated heterocycles. The molecule has 1 rings (SSSR count). The van der Waals surface area contributed by atoms with Gasteiger partial charge in [0.2, 0.25) is 5.91 Å². The Balaban J connectivity index is 2.34. The number of likely N-dealkylation sites (N-methyl/N-ethyl adjacent to an activating group) is 1. The molecule has 94 valence electrons. The first kappa shape index (κ1) is 13.5. The first-order chi connectivity index (χ1) is 7.47. The number of nitrogens with one attached hydrogen (secondary N) is 2. The summed E-state index contributed by atoms with van der Waals surface area (Å²) in [5.41, 5.74) is -0.685. The van der Waals surface area contributed by atoms with Gasteiger partial charge in [0.25, 0.3) is 0 Å². The molecule has 16 heavy (non-hydrogen) atoms. The molecule has 1 amide bonds. The summed E-state index contributed by atoms with van der Waals surface area (Å²) in [4.78, 5) is 11.5. The summed E-state index contributed by atoms with van der Waals surface area (Å²) in [5, 5.41) is 15.9. The van der Waals surface area contributed by atoms with Crippen molar-refractivity contribution in [2.45, 2.75) is 51.2 Å². The van der Waals surface area contributed by atoms with Gasteiger partial charge in [0.15, 0.2) is 0 Å². The molecule has 4 heteroatoms. The standard InChI is InChI=1S/C12H24N2O2/c1-9-4-6-12(16,7-5-9)8-14-11(15)10(2)13-3/h9-10,13,16H,4-8H2,1-3H3,(H,14,15). The Bertz CT molecular complexity index is 235. The van der Waals surface area contributed by atoms with E-state index in [0.717, 1.165) is 25.7 Å². The molecule has 0 aromatic rings. The van der Waals surface area contributed by atoms with Gasteiger partial charge in [0.1, 0.15) is 0 Å². The molecule has 0 spiro atoms. The Hall–Kier alpha value is -0.610. The van der Waals surface area contributed by atoms with Crippen molar-refractivity contribution in [3.05, 3.63) is 0 Å². The zero-order chi connectivity index (χ0) is 12.2. The first-order valence-electron chi connectivity index (χ1n) is 6.14. The molecule has 0 aromatic carbocycles. The lowest BCUT2D eigenvalue weighted by atomic mass is 9.79. The van der Waals surface area contributed by atoms with Crippen molar-refractivity contribution < 1.29 is 9.90 Å². The zero-order valence-electron chi connectivity index (χ0n) is 10.5. The third-order valence-electron chi connectivity index (χ3n) is 3.62. The third-order valence-corrected chi connectivity index (χ3v) is 3.62. The van der Waals surface area contributed by atoms with Gasteiger partial charge in [0.05, 0.1) is 11.6 Å². The summed E-state index contributed by atoms with van der Waals surface area (Å²) < 4.78 is 0. The normalized spacial score (nSPS) is 32.1. The Morgan fingerprint density at radius 1 is 1.50 bits per heavy atom. The Morgan fingerprint density at radius 3 is 2.56 bits per heavy atom. The van der Waals surface area contributed by atoms with Gasteiger partial charge < -0.3 is 15.7 Å². The second kappa shape index (κ2) is 5.64. The van der Waals surface area contributed by atoms with Gasteiger partial charge in [0, 0.05) is 6.54 Å². The number of hydrogen-bond donors (Lipinski definition) is 3. The highest BCUT2D eigenvalue weighted by Crippen LogP contribution is 2.31. The molecule has 0 aromatic heterocycles. The van der Waals surface area contributed by atoms with Crippen LogP contribution in [0.3, 0.4) is 0 Å². The molecule has 0 heterocycles. The summed E-state index contributed by atoms with van der Waals surface area (Å²) in [6.07, 6.45) is 3.69. The monoisotopic (exact) mass is 228 g/mol. The molecule has 0 aliphatic heterocycles. The van der Waals surface area contributed by atoms with Crippen molar-refractivity contribution in [1.29, 1.82) is 0 Å². The van der Waals surface area contributed by atoms with E-state index in [1.807, 2.05) is 6.92 Å². The van der Waals surface area contributed by atoms with E-state index < -0.39 is 5.60 Å². The van der Waals surface area contributed by atoms with Gasteiger partial charge in [-0.1, -0.05) is 6.92 Å². The van der Waals surface area contributed by atoms with Crippen molar-refractivity contribution in [2.24, 2.45) is 5.92 Å². The minimum Gasteiger partial charge on any atom is -0.388 e. The van der Waals surface area contributed by atoms with Crippen LogP contribution in [-0.4, -0.2) is 36.2 Å². The fourth-order valence-corrected chi connectivity index (χ4v) is 2.01. The molecule has 1 saturated carbocycles. The average molecular weight is 228 g/mol. The minimum absolute atomic E-state index is 0.0467. The van der Waals surface area contributed by atoms with E-state index in [4.69, 9.17) is 0 Å². The van der Waals surface area contributed by atoms with Gasteiger partial charge in [-0.2, -0.15) is 0 Å². The molecule has 1 unspecified atom stereocenters. The van der Waals surface area contributed by atoms with Crippen LogP contribution in [0.15, 0.2) is 0 Å². The highest BCUT2D eigenvalue weighted by atomic mass is 16.3. The smallest absolute Gasteiger partial charge is 0.236 e. The Morgan fingerprint density at radius 2 is 2.06 bits per heavy atom. The van der Waals surface area contributed by atoms with E-state index in [1.165, 1.54) is 0 Å². The van der Waals surface area contributed by atoms with Crippen LogP contribution in [0.4, 0.5) is 0 Å². The fourth-order valence-electron chi connectivity index (χ4n) is 2.01. The lowest BCUT2D eigenvalue weighted by Gasteiger charge is -2.35. The van der Waals surface area contributed by atoms with Gasteiger partial charge in [-0.15, -0.1) is 0 Å². The molecule has 3 N–H and O–H groups in total.